The number of carbonyl (C=O) groups excluding carboxylic acids is 1. The zero-order chi connectivity index (χ0) is 20.4. The molecule has 0 saturated heterocycles. The maximum atomic E-state index is 13.2. The lowest BCUT2D eigenvalue weighted by atomic mass is 10.1. The van der Waals surface area contributed by atoms with Gasteiger partial charge >= 0.3 is 0 Å². The Labute approximate surface area is 168 Å². The van der Waals surface area contributed by atoms with Gasteiger partial charge in [-0.05, 0) is 23.3 Å². The number of amides is 1. The molecule has 146 valence electrons. The van der Waals surface area contributed by atoms with E-state index in [1.807, 2.05) is 30.3 Å². The number of primary amides is 1. The van der Waals surface area contributed by atoms with Crippen molar-refractivity contribution in [3.05, 3.63) is 88.1 Å². The van der Waals surface area contributed by atoms with Crippen LogP contribution in [-0.2, 0) is 11.3 Å². The molecule has 4 aromatic rings. The fourth-order valence-corrected chi connectivity index (χ4v) is 3.84. The third kappa shape index (κ3) is 4.04. The number of halogens is 1. The second-order valence-electron chi connectivity index (χ2n) is 6.35. The summed E-state index contributed by atoms with van der Waals surface area (Å²) in [6.45, 7) is 0.447. The number of nitrogens with one attached hydrogen (secondary N) is 1. The summed E-state index contributed by atoms with van der Waals surface area (Å²) in [4.78, 5) is 31.6. The van der Waals surface area contributed by atoms with E-state index >= 15 is 0 Å². The van der Waals surface area contributed by atoms with Gasteiger partial charge in [-0.1, -0.05) is 54.2 Å². The van der Waals surface area contributed by atoms with Gasteiger partial charge in [0.2, 0.25) is 5.91 Å². The number of aromatic nitrogens is 4. The summed E-state index contributed by atoms with van der Waals surface area (Å²) in [5, 5.41) is 4.01. The van der Waals surface area contributed by atoms with Crippen LogP contribution >= 0.6 is 11.8 Å². The van der Waals surface area contributed by atoms with E-state index in [1.54, 1.807) is 4.68 Å². The third-order valence-electron chi connectivity index (χ3n) is 4.32. The first-order chi connectivity index (χ1) is 14.0. The number of thioether (sulfide) groups is 1. The number of rotatable bonds is 6. The molecule has 2 aromatic carbocycles. The quantitative estimate of drug-likeness (QED) is 0.376. The average molecular weight is 409 g/mol. The molecule has 1 unspecified atom stereocenters. The molecule has 0 aliphatic carbocycles. The highest BCUT2D eigenvalue weighted by molar-refractivity contribution is 8.00. The number of nitrogens with zero attached hydrogens (tertiary/aromatic N) is 3. The van der Waals surface area contributed by atoms with Gasteiger partial charge in [0, 0.05) is 0 Å². The molecule has 1 amide bonds. The predicted octanol–water partition coefficient (Wildman–Crippen LogP) is 2.63. The molecular formula is C20H16FN5O2S. The van der Waals surface area contributed by atoms with E-state index < -0.39 is 17.0 Å². The van der Waals surface area contributed by atoms with Gasteiger partial charge in [0.1, 0.15) is 16.5 Å². The van der Waals surface area contributed by atoms with Crippen LogP contribution in [0, 0.1) is 5.82 Å². The van der Waals surface area contributed by atoms with Crippen molar-refractivity contribution in [1.29, 1.82) is 0 Å². The van der Waals surface area contributed by atoms with E-state index in [1.165, 1.54) is 30.5 Å². The Balaban J connectivity index is 1.70. The van der Waals surface area contributed by atoms with E-state index in [4.69, 9.17) is 5.73 Å². The van der Waals surface area contributed by atoms with Crippen molar-refractivity contribution >= 4 is 28.7 Å². The van der Waals surface area contributed by atoms with Gasteiger partial charge in [0.05, 0.1) is 12.7 Å². The van der Waals surface area contributed by atoms with Crippen LogP contribution in [0.2, 0.25) is 0 Å². The Morgan fingerprint density at radius 2 is 1.90 bits per heavy atom. The summed E-state index contributed by atoms with van der Waals surface area (Å²) in [6, 6.07) is 15.1. The monoisotopic (exact) mass is 409 g/mol. The summed E-state index contributed by atoms with van der Waals surface area (Å²) < 4.78 is 14.8. The van der Waals surface area contributed by atoms with Crippen molar-refractivity contribution in [3.63, 3.8) is 0 Å². The molecule has 9 heteroatoms. The molecule has 0 radical (unpaired) electrons. The van der Waals surface area contributed by atoms with Crippen LogP contribution in [0.5, 0.6) is 0 Å². The number of H-pyrrole nitrogens is 1. The van der Waals surface area contributed by atoms with Gasteiger partial charge in [-0.3, -0.25) is 9.59 Å². The second kappa shape index (κ2) is 7.88. The van der Waals surface area contributed by atoms with Gasteiger partial charge in [-0.15, -0.1) is 0 Å². The van der Waals surface area contributed by atoms with Gasteiger partial charge in [-0.2, -0.15) is 5.10 Å². The van der Waals surface area contributed by atoms with E-state index in [0.29, 0.717) is 23.1 Å². The first kappa shape index (κ1) is 18.9. The average Bonchev–Trinajstić information content (AvgIpc) is 3.11. The number of hydrogen-bond acceptors (Lipinski definition) is 5. The topological polar surface area (TPSA) is 107 Å². The molecule has 0 fully saturated rings. The van der Waals surface area contributed by atoms with Crippen LogP contribution < -0.4 is 11.3 Å². The molecule has 7 nitrogen and oxygen atoms in total. The first-order valence-corrected chi connectivity index (χ1v) is 9.60. The van der Waals surface area contributed by atoms with Gasteiger partial charge in [0.15, 0.2) is 10.8 Å². The van der Waals surface area contributed by atoms with E-state index in [2.05, 4.69) is 15.1 Å². The Morgan fingerprint density at radius 3 is 2.59 bits per heavy atom. The largest absolute Gasteiger partial charge is 0.368 e. The zero-order valence-electron chi connectivity index (χ0n) is 15.1. The predicted molar refractivity (Wildman–Crippen MR) is 108 cm³/mol. The van der Waals surface area contributed by atoms with E-state index in [0.717, 1.165) is 17.3 Å². The lowest BCUT2D eigenvalue weighted by Crippen LogP contribution is -2.20. The third-order valence-corrected chi connectivity index (χ3v) is 5.48. The highest BCUT2D eigenvalue weighted by atomic mass is 32.2. The van der Waals surface area contributed by atoms with Crippen LogP contribution in [0.25, 0.3) is 11.0 Å². The van der Waals surface area contributed by atoms with Crippen molar-refractivity contribution < 1.29 is 9.18 Å². The fraction of sp³-hybridized carbons (Fsp3) is 0.100. The summed E-state index contributed by atoms with van der Waals surface area (Å²) in [5.74, 6) is -1.04. The smallest absolute Gasteiger partial charge is 0.262 e. The molecule has 0 aliphatic rings. The molecule has 1 atom stereocenters. The fourth-order valence-electron chi connectivity index (χ4n) is 2.91. The number of nitrogens with two attached hydrogens (primary N) is 1. The molecule has 29 heavy (non-hydrogen) atoms. The molecule has 0 saturated carbocycles. The number of hydrogen-bond donors (Lipinski definition) is 2. The standard InChI is InChI=1S/C20H16FN5O2S/c21-14-8-6-13(7-9-14)16(17(22)27)29-20-24-18-15(19(28)25-20)10-23-26(18)11-12-4-2-1-3-5-12/h1-10,16H,11H2,(H2,22,27)(H,24,25,28). The van der Waals surface area contributed by atoms with E-state index in [-0.39, 0.29) is 10.7 Å². The SMILES string of the molecule is NC(=O)C(Sc1nc2c(cnn2Cc2ccccc2)c(=O)[nH]1)c1ccc(F)cc1. The lowest BCUT2D eigenvalue weighted by molar-refractivity contribution is -0.117. The molecule has 0 aliphatic heterocycles. The number of fused-ring (bicyclic) bond motifs is 1. The van der Waals surface area contributed by atoms with Crippen molar-refractivity contribution in [2.75, 3.05) is 0 Å². The Hall–Kier alpha value is -3.46. The second-order valence-corrected chi connectivity index (χ2v) is 7.44. The Morgan fingerprint density at radius 1 is 1.17 bits per heavy atom. The molecule has 3 N–H and O–H groups in total. The van der Waals surface area contributed by atoms with Crippen molar-refractivity contribution in [1.82, 2.24) is 19.7 Å². The maximum Gasteiger partial charge on any atom is 0.262 e. The summed E-state index contributed by atoms with van der Waals surface area (Å²) in [6.07, 6.45) is 1.46. The van der Waals surface area contributed by atoms with Gasteiger partial charge < -0.3 is 10.7 Å². The molecule has 2 heterocycles. The summed E-state index contributed by atoms with van der Waals surface area (Å²) in [7, 11) is 0. The zero-order valence-corrected chi connectivity index (χ0v) is 15.9. The maximum absolute atomic E-state index is 13.2. The minimum atomic E-state index is -0.832. The van der Waals surface area contributed by atoms with Crippen LogP contribution in [0.1, 0.15) is 16.4 Å². The van der Waals surface area contributed by atoms with Gasteiger partial charge in [-0.25, -0.2) is 14.1 Å². The van der Waals surface area contributed by atoms with Crippen molar-refractivity contribution in [2.45, 2.75) is 17.0 Å². The lowest BCUT2D eigenvalue weighted by Gasteiger charge is -2.13. The number of aromatic amines is 1. The molecule has 0 bridgehead atoms. The van der Waals surface area contributed by atoms with Crippen LogP contribution in [0.3, 0.4) is 0 Å². The normalized spacial score (nSPS) is 12.2. The molecule has 4 rings (SSSR count). The first-order valence-electron chi connectivity index (χ1n) is 8.72. The highest BCUT2D eigenvalue weighted by Crippen LogP contribution is 2.33. The molecule has 0 spiro atoms. The highest BCUT2D eigenvalue weighted by Gasteiger charge is 2.22. The Kier molecular flexibility index (Phi) is 5.13. The van der Waals surface area contributed by atoms with Gasteiger partial charge in [0.25, 0.3) is 5.56 Å². The number of carbonyl (C=O) groups is 1. The van der Waals surface area contributed by atoms with Crippen LogP contribution in [0.4, 0.5) is 4.39 Å². The molecule has 2 aromatic heterocycles. The molecular weight excluding hydrogens is 393 g/mol. The van der Waals surface area contributed by atoms with Crippen molar-refractivity contribution in [3.8, 4) is 0 Å². The van der Waals surface area contributed by atoms with Crippen LogP contribution in [0.15, 0.2) is 70.7 Å². The van der Waals surface area contributed by atoms with E-state index in [9.17, 15) is 14.0 Å². The Bertz CT molecular complexity index is 1220. The van der Waals surface area contributed by atoms with Crippen LogP contribution in [-0.4, -0.2) is 25.7 Å². The van der Waals surface area contributed by atoms with Crippen molar-refractivity contribution in [2.24, 2.45) is 5.73 Å². The minimum Gasteiger partial charge on any atom is -0.368 e. The minimum absolute atomic E-state index is 0.227. The summed E-state index contributed by atoms with van der Waals surface area (Å²) in [5.41, 5.74) is 7.10. The number of benzene rings is 2. The summed E-state index contributed by atoms with van der Waals surface area (Å²) >= 11 is 0.998.